The molecule has 0 unspecified atom stereocenters. The lowest BCUT2D eigenvalue weighted by molar-refractivity contribution is 0.0602. The lowest BCUT2D eigenvalue weighted by atomic mass is 9.98. The van der Waals surface area contributed by atoms with E-state index in [-0.39, 0.29) is 5.91 Å². The van der Waals surface area contributed by atoms with Crippen LogP contribution in [0.2, 0.25) is 10.0 Å². The second-order valence-electron chi connectivity index (χ2n) is 13.4. The second-order valence-corrected chi connectivity index (χ2v) is 14.2. The summed E-state index contributed by atoms with van der Waals surface area (Å²) in [6.07, 6.45) is 3.87. The maximum Gasteiger partial charge on any atom is 0.338 e. The zero-order valence-electron chi connectivity index (χ0n) is 30.0. The number of aromatic nitrogens is 4. The zero-order chi connectivity index (χ0) is 36.3. The van der Waals surface area contributed by atoms with Gasteiger partial charge in [0.1, 0.15) is 11.4 Å². The average Bonchev–Trinajstić information content (AvgIpc) is 3.67. The molecule has 0 atom stereocenters. The molecule has 11 heteroatoms. The molecule has 0 saturated heterocycles. The number of hydrogen-bond acceptors (Lipinski definition) is 5. The molecular formula is C40H41Cl2N5O4. The minimum absolute atomic E-state index is 0.130. The number of methoxy groups -OCH3 is 1. The summed E-state index contributed by atoms with van der Waals surface area (Å²) in [5.74, 6) is 0.193. The van der Waals surface area contributed by atoms with Crippen molar-refractivity contribution in [1.29, 1.82) is 0 Å². The lowest BCUT2D eigenvalue weighted by Crippen LogP contribution is -2.32. The van der Waals surface area contributed by atoms with Crippen LogP contribution < -0.4 is 9.64 Å². The number of nitrogens with zero attached hydrogens (tertiary/aromatic N) is 5. The average molecular weight is 727 g/mol. The number of amides is 1. The van der Waals surface area contributed by atoms with Crippen molar-refractivity contribution in [2.45, 2.75) is 53.5 Å². The zero-order valence-corrected chi connectivity index (χ0v) is 31.5. The molecule has 3 aromatic heterocycles. The first-order chi connectivity index (χ1) is 24.4. The normalized spacial score (nSPS) is 13.3. The minimum Gasteiger partial charge on any atom is -0.494 e. The number of esters is 1. The van der Waals surface area contributed by atoms with Gasteiger partial charge in [0.15, 0.2) is 0 Å². The molecule has 1 aliphatic rings. The summed E-state index contributed by atoms with van der Waals surface area (Å²) in [6, 6.07) is 13.5. The van der Waals surface area contributed by atoms with Crippen molar-refractivity contribution in [2.75, 3.05) is 25.2 Å². The van der Waals surface area contributed by atoms with Gasteiger partial charge >= 0.3 is 5.97 Å². The summed E-state index contributed by atoms with van der Waals surface area (Å²) in [7, 11) is 5.23. The highest BCUT2D eigenvalue weighted by Crippen LogP contribution is 2.43. The number of halogens is 2. The molecule has 0 N–H and O–H groups in total. The van der Waals surface area contributed by atoms with Gasteiger partial charge in [-0.05, 0) is 100 Å². The van der Waals surface area contributed by atoms with Crippen molar-refractivity contribution in [3.05, 3.63) is 98.0 Å². The summed E-state index contributed by atoms with van der Waals surface area (Å²) in [4.78, 5) is 29.8. The summed E-state index contributed by atoms with van der Waals surface area (Å²) in [6.45, 7) is 9.51. The number of aryl methyl sites for hydroxylation is 7. The summed E-state index contributed by atoms with van der Waals surface area (Å²) < 4.78 is 17.4. The van der Waals surface area contributed by atoms with Gasteiger partial charge in [0.2, 0.25) is 0 Å². The van der Waals surface area contributed by atoms with Gasteiger partial charge in [-0.2, -0.15) is 5.10 Å². The highest BCUT2D eigenvalue weighted by molar-refractivity contribution is 6.35. The summed E-state index contributed by atoms with van der Waals surface area (Å²) in [5, 5.41) is 7.82. The van der Waals surface area contributed by atoms with E-state index in [4.69, 9.17) is 37.8 Å². The standard InChI is InChI=1S/C40H41Cl2N5O4/c1-22-18-27(19-23(2)36(22)42)51-17-8-10-29-30-11-12-32(41)35(34-24(3)43-45(6)25(34)4)37(30)47-15-9-14-46(39(48)38(29)47)26-20-31(40(49)50-7)28-13-16-44(5)33(28)21-26/h11-13,16,18-21H,8-10,14-15,17H2,1-7H3. The quantitative estimate of drug-likeness (QED) is 0.116. The van der Waals surface area contributed by atoms with Crippen LogP contribution >= 0.6 is 23.2 Å². The Kier molecular flexibility index (Phi) is 9.14. The van der Waals surface area contributed by atoms with Gasteiger partial charge in [-0.25, -0.2) is 4.79 Å². The fourth-order valence-electron chi connectivity index (χ4n) is 7.67. The number of fused-ring (bicyclic) bond motifs is 4. The largest absolute Gasteiger partial charge is 0.494 e. The Hall–Kier alpha value is -4.73. The summed E-state index contributed by atoms with van der Waals surface area (Å²) in [5.41, 5.74) is 10.1. The van der Waals surface area contributed by atoms with E-state index >= 15 is 4.79 Å². The Labute approximate surface area is 307 Å². The number of rotatable bonds is 8. The van der Waals surface area contributed by atoms with Gasteiger partial charge in [-0.15, -0.1) is 0 Å². The van der Waals surface area contributed by atoms with E-state index in [2.05, 4.69) is 4.57 Å². The Bertz CT molecular complexity index is 2360. The van der Waals surface area contributed by atoms with Crippen LogP contribution in [0.25, 0.3) is 32.9 Å². The monoisotopic (exact) mass is 725 g/mol. The van der Waals surface area contributed by atoms with Gasteiger partial charge in [0.05, 0.1) is 41.0 Å². The molecule has 1 amide bonds. The third-order valence-electron chi connectivity index (χ3n) is 10.2. The second kappa shape index (κ2) is 13.4. The van der Waals surface area contributed by atoms with Gasteiger partial charge in [0.25, 0.3) is 5.91 Å². The predicted octanol–water partition coefficient (Wildman–Crippen LogP) is 8.92. The van der Waals surface area contributed by atoms with Gasteiger partial charge in [-0.3, -0.25) is 9.48 Å². The van der Waals surface area contributed by atoms with Crippen LogP contribution in [0.15, 0.2) is 48.7 Å². The van der Waals surface area contributed by atoms with Crippen molar-refractivity contribution in [1.82, 2.24) is 18.9 Å². The van der Waals surface area contributed by atoms with Crippen LogP contribution in [0.3, 0.4) is 0 Å². The van der Waals surface area contributed by atoms with Crippen molar-refractivity contribution < 1.29 is 19.1 Å². The minimum atomic E-state index is -0.447. The molecule has 264 valence electrons. The molecule has 9 nitrogen and oxygen atoms in total. The molecule has 51 heavy (non-hydrogen) atoms. The van der Waals surface area contributed by atoms with Crippen molar-refractivity contribution in [2.24, 2.45) is 14.1 Å². The molecule has 0 bridgehead atoms. The molecule has 0 saturated carbocycles. The summed E-state index contributed by atoms with van der Waals surface area (Å²) >= 11 is 13.5. The smallest absolute Gasteiger partial charge is 0.338 e. The van der Waals surface area contributed by atoms with Crippen molar-refractivity contribution in [3.63, 3.8) is 0 Å². The maximum absolute atomic E-state index is 15.1. The van der Waals surface area contributed by atoms with Gasteiger partial charge in [-0.1, -0.05) is 29.3 Å². The number of carbonyl (C=O) groups is 2. The van der Waals surface area contributed by atoms with Crippen molar-refractivity contribution in [3.8, 4) is 16.9 Å². The topological polar surface area (TPSA) is 83.5 Å². The van der Waals surface area contributed by atoms with E-state index < -0.39 is 5.97 Å². The van der Waals surface area contributed by atoms with E-state index in [0.717, 1.165) is 71.8 Å². The number of anilines is 1. The van der Waals surface area contributed by atoms with Crippen LogP contribution in [0.5, 0.6) is 5.75 Å². The Morgan fingerprint density at radius 2 is 1.69 bits per heavy atom. The number of carbonyl (C=O) groups excluding carboxylic acids is 2. The van der Waals surface area contributed by atoms with E-state index in [1.54, 1.807) is 11.0 Å². The van der Waals surface area contributed by atoms with E-state index in [9.17, 15) is 4.79 Å². The third kappa shape index (κ3) is 5.86. The fourth-order valence-corrected chi connectivity index (χ4v) is 8.03. The molecule has 3 aromatic carbocycles. The van der Waals surface area contributed by atoms with E-state index in [1.807, 2.05) is 93.6 Å². The number of ether oxygens (including phenoxy) is 2. The fraction of sp³-hybridized carbons (Fsp3) is 0.325. The van der Waals surface area contributed by atoms with Crippen LogP contribution in [0, 0.1) is 27.7 Å². The Morgan fingerprint density at radius 1 is 0.941 bits per heavy atom. The third-order valence-corrected chi connectivity index (χ3v) is 11.1. The SMILES string of the molecule is COC(=O)c1cc(N2CCCn3c(c(CCCOc4cc(C)c(Cl)c(C)c4)c4ccc(Cl)c(-c5c(C)nn(C)c5C)c43)C2=O)cc2c1ccn2C. The van der Waals surface area contributed by atoms with Crippen LogP contribution in [0.1, 0.15) is 61.8 Å². The Balaban J connectivity index is 1.37. The molecular weight excluding hydrogens is 685 g/mol. The molecule has 4 heterocycles. The van der Waals surface area contributed by atoms with Crippen LogP contribution in [-0.4, -0.2) is 51.1 Å². The highest BCUT2D eigenvalue weighted by Gasteiger charge is 2.33. The predicted molar refractivity (Wildman–Crippen MR) is 204 cm³/mol. The van der Waals surface area contributed by atoms with Crippen molar-refractivity contribution >= 4 is 62.6 Å². The molecule has 0 fully saturated rings. The molecule has 0 aliphatic carbocycles. The maximum atomic E-state index is 15.1. The highest BCUT2D eigenvalue weighted by atomic mass is 35.5. The first-order valence-corrected chi connectivity index (χ1v) is 17.9. The molecule has 0 spiro atoms. The molecule has 1 aliphatic heterocycles. The van der Waals surface area contributed by atoms with E-state index in [0.29, 0.717) is 60.9 Å². The molecule has 6 aromatic rings. The molecule has 0 radical (unpaired) electrons. The number of hydrogen-bond donors (Lipinski definition) is 0. The van der Waals surface area contributed by atoms with Gasteiger partial charge in [0, 0.05) is 71.7 Å². The number of benzene rings is 3. The molecule has 7 rings (SSSR count). The first-order valence-electron chi connectivity index (χ1n) is 17.1. The lowest BCUT2D eigenvalue weighted by Gasteiger charge is -2.22. The van der Waals surface area contributed by atoms with Gasteiger partial charge < -0.3 is 23.5 Å². The van der Waals surface area contributed by atoms with Crippen LogP contribution in [0.4, 0.5) is 5.69 Å². The van der Waals surface area contributed by atoms with Crippen LogP contribution in [-0.2, 0) is 31.8 Å². The Morgan fingerprint density at radius 3 is 2.37 bits per heavy atom. The first kappa shape index (κ1) is 34.7. The van der Waals surface area contributed by atoms with E-state index in [1.165, 1.54) is 7.11 Å².